The number of alkyl halides is 3. The molecule has 0 aliphatic carbocycles. The molecule has 2 aliphatic rings. The van der Waals surface area contributed by atoms with Gasteiger partial charge in [0.2, 0.25) is 5.91 Å². The number of halogens is 3. The lowest BCUT2D eigenvalue weighted by molar-refractivity contribution is -0.157. The molecule has 5 nitrogen and oxygen atoms in total. The molecule has 2 heterocycles. The molecule has 0 bridgehead atoms. The van der Waals surface area contributed by atoms with Crippen LogP contribution in [0.3, 0.4) is 0 Å². The van der Waals surface area contributed by atoms with Crippen molar-refractivity contribution < 1.29 is 22.7 Å². The summed E-state index contributed by atoms with van der Waals surface area (Å²) in [6, 6.07) is 7.03. The van der Waals surface area contributed by atoms with E-state index in [4.69, 9.17) is 4.74 Å². The molecule has 0 saturated carbocycles. The van der Waals surface area contributed by atoms with Crippen LogP contribution in [0.5, 0.6) is 0 Å². The number of carbonyl (C=O) groups is 1. The molecule has 0 radical (unpaired) electrons. The average molecular weight is 357 g/mol. The zero-order valence-electron chi connectivity index (χ0n) is 13.9. The maximum absolute atomic E-state index is 12.5. The van der Waals surface area contributed by atoms with Gasteiger partial charge in [0.15, 0.2) is 0 Å². The Bertz CT molecular complexity index is 603. The number of morpholine rings is 1. The molecular weight excluding hydrogens is 335 g/mol. The smallest absolute Gasteiger partial charge is 0.379 e. The fourth-order valence-electron chi connectivity index (χ4n) is 3.23. The molecule has 8 heteroatoms. The molecule has 25 heavy (non-hydrogen) atoms. The molecule has 1 amide bonds. The molecule has 1 atom stereocenters. The van der Waals surface area contributed by atoms with E-state index in [0.29, 0.717) is 19.6 Å². The van der Waals surface area contributed by atoms with Crippen molar-refractivity contribution in [3.63, 3.8) is 0 Å². The first-order valence-electron chi connectivity index (χ1n) is 8.42. The van der Waals surface area contributed by atoms with Crippen molar-refractivity contribution in [2.45, 2.75) is 25.2 Å². The molecule has 0 aromatic heterocycles. The van der Waals surface area contributed by atoms with Crippen molar-refractivity contribution in [2.75, 3.05) is 44.7 Å². The van der Waals surface area contributed by atoms with Crippen molar-refractivity contribution in [1.29, 1.82) is 0 Å². The topological polar surface area (TPSA) is 44.8 Å². The van der Waals surface area contributed by atoms with Gasteiger partial charge in [-0.05, 0) is 18.1 Å². The third kappa shape index (κ3) is 4.85. The zero-order chi connectivity index (χ0) is 17.9. The fourth-order valence-corrected chi connectivity index (χ4v) is 3.23. The number of rotatable bonds is 5. The second-order valence-electron chi connectivity index (χ2n) is 6.41. The van der Waals surface area contributed by atoms with E-state index >= 15 is 0 Å². The molecule has 1 N–H and O–H groups in total. The van der Waals surface area contributed by atoms with Crippen LogP contribution in [0.15, 0.2) is 24.3 Å². The van der Waals surface area contributed by atoms with Crippen molar-refractivity contribution in [3.8, 4) is 0 Å². The zero-order valence-corrected chi connectivity index (χ0v) is 13.9. The highest BCUT2D eigenvalue weighted by molar-refractivity contribution is 5.87. The largest absolute Gasteiger partial charge is 0.406 e. The third-order valence-corrected chi connectivity index (χ3v) is 4.51. The van der Waals surface area contributed by atoms with Crippen LogP contribution in [0.1, 0.15) is 12.0 Å². The number of amides is 1. The van der Waals surface area contributed by atoms with E-state index in [1.807, 2.05) is 24.3 Å². The number of likely N-dealkylation sites (tertiary alicyclic amines) is 1. The van der Waals surface area contributed by atoms with Crippen LogP contribution in [-0.2, 0) is 16.1 Å². The lowest BCUT2D eigenvalue weighted by atomic mass is 10.1. The second-order valence-corrected chi connectivity index (χ2v) is 6.41. The summed E-state index contributed by atoms with van der Waals surface area (Å²) in [6.07, 6.45) is -3.99. The van der Waals surface area contributed by atoms with Crippen LogP contribution in [0.25, 0.3) is 0 Å². The SMILES string of the molecule is O=C1C(Nc2ccccc2CN2CCOCC2)CCN1CC(F)(F)F. The van der Waals surface area contributed by atoms with Gasteiger partial charge in [-0.1, -0.05) is 18.2 Å². The van der Waals surface area contributed by atoms with Gasteiger partial charge >= 0.3 is 6.18 Å². The van der Waals surface area contributed by atoms with E-state index in [9.17, 15) is 18.0 Å². The highest BCUT2D eigenvalue weighted by Crippen LogP contribution is 2.25. The number of nitrogens with zero attached hydrogens (tertiary/aromatic N) is 2. The number of ether oxygens (including phenoxy) is 1. The molecule has 138 valence electrons. The van der Waals surface area contributed by atoms with E-state index in [1.165, 1.54) is 0 Å². The quantitative estimate of drug-likeness (QED) is 0.877. The van der Waals surface area contributed by atoms with Crippen LogP contribution in [0, 0.1) is 0 Å². The summed E-state index contributed by atoms with van der Waals surface area (Å²) < 4.78 is 42.9. The maximum Gasteiger partial charge on any atom is 0.406 e. The van der Waals surface area contributed by atoms with Gasteiger partial charge in [-0.15, -0.1) is 0 Å². The summed E-state index contributed by atoms with van der Waals surface area (Å²) in [4.78, 5) is 15.4. The van der Waals surface area contributed by atoms with E-state index in [-0.39, 0.29) is 6.54 Å². The Morgan fingerprint density at radius 3 is 2.60 bits per heavy atom. The van der Waals surface area contributed by atoms with Gasteiger partial charge in [0.25, 0.3) is 0 Å². The first-order valence-corrected chi connectivity index (χ1v) is 8.42. The highest BCUT2D eigenvalue weighted by atomic mass is 19.4. The predicted octanol–water partition coefficient (Wildman–Crippen LogP) is 2.09. The van der Waals surface area contributed by atoms with Crippen molar-refractivity contribution in [3.05, 3.63) is 29.8 Å². The van der Waals surface area contributed by atoms with Crippen molar-refractivity contribution >= 4 is 11.6 Å². The summed E-state index contributed by atoms with van der Waals surface area (Å²) in [6.45, 7) is 2.75. The Morgan fingerprint density at radius 1 is 1.16 bits per heavy atom. The van der Waals surface area contributed by atoms with Crippen LogP contribution in [0.4, 0.5) is 18.9 Å². The number of carbonyl (C=O) groups excluding carboxylic acids is 1. The van der Waals surface area contributed by atoms with Gasteiger partial charge in [-0.25, -0.2) is 0 Å². The Labute approximate surface area is 144 Å². The molecule has 2 fully saturated rings. The van der Waals surface area contributed by atoms with Crippen LogP contribution in [-0.4, -0.2) is 67.3 Å². The molecular formula is C17H22F3N3O2. The van der Waals surface area contributed by atoms with Gasteiger partial charge in [-0.3, -0.25) is 9.69 Å². The van der Waals surface area contributed by atoms with E-state index in [2.05, 4.69) is 10.2 Å². The average Bonchev–Trinajstić information content (AvgIpc) is 2.89. The molecule has 1 unspecified atom stereocenters. The van der Waals surface area contributed by atoms with E-state index in [1.54, 1.807) is 0 Å². The Hall–Kier alpha value is -1.80. The minimum absolute atomic E-state index is 0.127. The lowest BCUT2D eigenvalue weighted by Crippen LogP contribution is -2.39. The van der Waals surface area contributed by atoms with Crippen molar-refractivity contribution in [2.24, 2.45) is 0 Å². The van der Waals surface area contributed by atoms with Crippen LogP contribution >= 0.6 is 0 Å². The number of hydrogen-bond acceptors (Lipinski definition) is 4. The lowest BCUT2D eigenvalue weighted by Gasteiger charge is -2.28. The van der Waals surface area contributed by atoms with Gasteiger partial charge in [-0.2, -0.15) is 13.2 Å². The maximum atomic E-state index is 12.5. The standard InChI is InChI=1S/C17H22F3N3O2/c18-17(19,20)12-23-6-5-15(16(23)24)21-14-4-2-1-3-13(14)11-22-7-9-25-10-8-22/h1-4,15,21H,5-12H2. The molecule has 0 spiro atoms. The Kier molecular flexibility index (Phi) is 5.48. The number of anilines is 1. The van der Waals surface area contributed by atoms with Crippen molar-refractivity contribution in [1.82, 2.24) is 9.80 Å². The van der Waals surface area contributed by atoms with E-state index in [0.717, 1.165) is 35.8 Å². The summed E-state index contributed by atoms with van der Waals surface area (Å²) in [5.41, 5.74) is 1.84. The number of benzene rings is 1. The third-order valence-electron chi connectivity index (χ3n) is 4.51. The first-order chi connectivity index (χ1) is 11.9. The fraction of sp³-hybridized carbons (Fsp3) is 0.588. The highest BCUT2D eigenvalue weighted by Gasteiger charge is 2.39. The van der Waals surface area contributed by atoms with Gasteiger partial charge in [0.1, 0.15) is 12.6 Å². The normalized spacial score (nSPS) is 22.4. The summed E-state index contributed by atoms with van der Waals surface area (Å²) >= 11 is 0. The van der Waals surface area contributed by atoms with Gasteiger partial charge < -0.3 is 15.0 Å². The number of hydrogen-bond donors (Lipinski definition) is 1. The number of nitrogens with one attached hydrogen (secondary N) is 1. The second kappa shape index (κ2) is 7.61. The van der Waals surface area contributed by atoms with Gasteiger partial charge in [0.05, 0.1) is 13.2 Å². The van der Waals surface area contributed by atoms with Crippen LogP contribution in [0.2, 0.25) is 0 Å². The molecule has 2 saturated heterocycles. The number of para-hydroxylation sites is 1. The van der Waals surface area contributed by atoms with Crippen LogP contribution < -0.4 is 5.32 Å². The predicted molar refractivity (Wildman–Crippen MR) is 87.2 cm³/mol. The molecule has 1 aromatic carbocycles. The Balaban J connectivity index is 1.64. The minimum atomic E-state index is -4.36. The van der Waals surface area contributed by atoms with Gasteiger partial charge in [0, 0.05) is 31.9 Å². The molecule has 3 rings (SSSR count). The molecule has 2 aliphatic heterocycles. The molecule has 1 aromatic rings. The first kappa shape index (κ1) is 18.0. The summed E-state index contributed by atoms with van der Waals surface area (Å²) in [7, 11) is 0. The summed E-state index contributed by atoms with van der Waals surface area (Å²) in [5, 5.41) is 3.15. The minimum Gasteiger partial charge on any atom is -0.379 e. The Morgan fingerprint density at radius 2 is 1.88 bits per heavy atom. The monoisotopic (exact) mass is 357 g/mol. The van der Waals surface area contributed by atoms with E-state index < -0.39 is 24.7 Å². The summed E-state index contributed by atoms with van der Waals surface area (Å²) in [5.74, 6) is -0.487.